The summed E-state index contributed by atoms with van der Waals surface area (Å²) in [7, 11) is 0. The zero-order valence-corrected chi connectivity index (χ0v) is 21.1. The van der Waals surface area contributed by atoms with Crippen LogP contribution in [0.4, 0.5) is 4.79 Å². The van der Waals surface area contributed by atoms with Crippen LogP contribution in [0, 0.1) is 25.7 Å². The van der Waals surface area contributed by atoms with Gasteiger partial charge in [0.25, 0.3) is 5.91 Å². The van der Waals surface area contributed by atoms with Gasteiger partial charge >= 0.3 is 6.09 Å². The van der Waals surface area contributed by atoms with E-state index in [0.29, 0.717) is 30.6 Å². The molecule has 1 aromatic carbocycles. The van der Waals surface area contributed by atoms with E-state index in [-0.39, 0.29) is 24.1 Å². The van der Waals surface area contributed by atoms with Crippen molar-refractivity contribution in [2.75, 3.05) is 45.9 Å². The summed E-state index contributed by atoms with van der Waals surface area (Å²) in [6.07, 6.45) is 2.50. The molecular weight excluding hydrogens is 458 g/mol. The molecule has 2 amide bonds. The molecule has 0 aliphatic carbocycles. The molecule has 5 rings (SSSR count). The second-order valence-electron chi connectivity index (χ2n) is 10.2. The number of likely N-dealkylation sites (tertiary alicyclic amines) is 2. The number of alkyl carbamates (subject to hydrolysis) is 1. The summed E-state index contributed by atoms with van der Waals surface area (Å²) in [4.78, 5) is 38.6. The predicted octanol–water partition coefficient (Wildman–Crippen LogP) is 2.74. The highest BCUT2D eigenvalue weighted by atomic mass is 16.6. The monoisotopic (exact) mass is 493 g/mol. The van der Waals surface area contributed by atoms with Crippen LogP contribution in [0.3, 0.4) is 0 Å². The Morgan fingerprint density at radius 2 is 1.78 bits per heavy atom. The number of aryl methyl sites for hydroxylation is 2. The van der Waals surface area contributed by atoms with Gasteiger partial charge in [-0.3, -0.25) is 4.79 Å². The number of aromatic nitrogens is 2. The average Bonchev–Trinajstić information content (AvgIpc) is 3.59. The van der Waals surface area contributed by atoms with Gasteiger partial charge in [0.1, 0.15) is 12.4 Å². The summed E-state index contributed by atoms with van der Waals surface area (Å²) in [5, 5.41) is 3.08. The summed E-state index contributed by atoms with van der Waals surface area (Å²) >= 11 is 0. The molecule has 3 aliphatic rings. The molecule has 1 aromatic heterocycles. The molecule has 0 saturated carbocycles. The fraction of sp³-hybridized carbons (Fsp3) is 0.556. The topological polar surface area (TPSA) is 96.9 Å². The van der Waals surface area contributed by atoms with Crippen LogP contribution < -0.4 is 5.32 Å². The lowest BCUT2D eigenvalue weighted by Crippen LogP contribution is -2.36. The molecule has 9 nitrogen and oxygen atoms in total. The van der Waals surface area contributed by atoms with Crippen LogP contribution in [0.1, 0.15) is 46.2 Å². The Morgan fingerprint density at radius 3 is 2.42 bits per heavy atom. The first-order valence-electron chi connectivity index (χ1n) is 12.9. The Kier molecular flexibility index (Phi) is 7.48. The maximum atomic E-state index is 13.2. The predicted molar refractivity (Wildman–Crippen MR) is 133 cm³/mol. The van der Waals surface area contributed by atoms with Gasteiger partial charge in [-0.15, -0.1) is 0 Å². The molecule has 36 heavy (non-hydrogen) atoms. The molecule has 4 heterocycles. The summed E-state index contributed by atoms with van der Waals surface area (Å²) in [6.45, 7) is 9.18. The summed E-state index contributed by atoms with van der Waals surface area (Å²) in [5.41, 5.74) is 3.19. The molecule has 192 valence electrons. The van der Waals surface area contributed by atoms with Crippen LogP contribution in [0.25, 0.3) is 0 Å². The van der Waals surface area contributed by atoms with E-state index < -0.39 is 0 Å². The Bertz CT molecular complexity index is 1040. The van der Waals surface area contributed by atoms with Crippen molar-refractivity contribution >= 4 is 12.0 Å². The minimum Gasteiger partial charge on any atom is -0.444 e. The molecule has 0 bridgehead atoms. The number of carbonyl (C=O) groups excluding carboxylic acids is 2. The zero-order valence-electron chi connectivity index (χ0n) is 21.1. The molecule has 1 N–H and O–H groups in total. The van der Waals surface area contributed by atoms with Gasteiger partial charge < -0.3 is 24.6 Å². The van der Waals surface area contributed by atoms with Gasteiger partial charge in [0.15, 0.2) is 0 Å². The summed E-state index contributed by atoms with van der Waals surface area (Å²) in [6, 6.07) is 9.93. The van der Waals surface area contributed by atoms with Crippen LogP contribution in [-0.2, 0) is 9.47 Å². The highest BCUT2D eigenvalue weighted by molar-refractivity contribution is 5.96. The van der Waals surface area contributed by atoms with Crippen molar-refractivity contribution in [3.8, 4) is 0 Å². The van der Waals surface area contributed by atoms with Crippen molar-refractivity contribution in [1.29, 1.82) is 0 Å². The largest absolute Gasteiger partial charge is 0.444 e. The van der Waals surface area contributed by atoms with E-state index in [1.54, 1.807) is 0 Å². The van der Waals surface area contributed by atoms with Crippen LogP contribution in [0.15, 0.2) is 36.7 Å². The minimum atomic E-state index is -0.387. The number of fused-ring (bicyclic) bond motifs is 1. The summed E-state index contributed by atoms with van der Waals surface area (Å²) in [5.74, 6) is 0.982. The van der Waals surface area contributed by atoms with Gasteiger partial charge in [0.2, 0.25) is 0 Å². The van der Waals surface area contributed by atoms with E-state index in [4.69, 9.17) is 9.47 Å². The van der Waals surface area contributed by atoms with Gasteiger partial charge in [-0.25, -0.2) is 14.8 Å². The van der Waals surface area contributed by atoms with Crippen LogP contribution in [-0.4, -0.2) is 83.8 Å². The summed E-state index contributed by atoms with van der Waals surface area (Å²) < 4.78 is 10.9. The second-order valence-corrected chi connectivity index (χ2v) is 10.2. The fourth-order valence-corrected chi connectivity index (χ4v) is 5.75. The molecule has 3 aliphatic heterocycles. The number of benzene rings is 1. The standard InChI is InChI=1S/C27H35N5O4/c1-18-25(19(2)29-17-28-18)26(33)32-14-21-12-31(13-22(21)15-32)10-8-24(20-6-4-3-5-7-20)30-27(34)36-23-9-11-35-16-23/h3-7,17,21-24H,8-16H2,1-2H3,(H,30,34)/t21-,22?,23?,24?/m0/s1. The molecule has 3 saturated heterocycles. The average molecular weight is 494 g/mol. The molecule has 3 unspecified atom stereocenters. The third kappa shape index (κ3) is 5.52. The first kappa shape index (κ1) is 24.6. The Balaban J connectivity index is 1.15. The number of ether oxygens (including phenoxy) is 2. The number of hydrogen-bond acceptors (Lipinski definition) is 7. The van der Waals surface area contributed by atoms with Crippen molar-refractivity contribution in [3.05, 3.63) is 59.2 Å². The quantitative estimate of drug-likeness (QED) is 0.634. The first-order valence-corrected chi connectivity index (χ1v) is 12.9. The zero-order chi connectivity index (χ0) is 25.1. The number of carbonyl (C=O) groups is 2. The van der Waals surface area contributed by atoms with Gasteiger partial charge in [0, 0.05) is 39.1 Å². The lowest BCUT2D eigenvalue weighted by molar-refractivity contribution is 0.0771. The second kappa shape index (κ2) is 10.9. The van der Waals surface area contributed by atoms with E-state index in [1.165, 1.54) is 6.33 Å². The first-order chi connectivity index (χ1) is 17.5. The van der Waals surface area contributed by atoms with E-state index in [1.807, 2.05) is 49.1 Å². The highest BCUT2D eigenvalue weighted by Gasteiger charge is 2.42. The van der Waals surface area contributed by atoms with Crippen molar-refractivity contribution in [2.45, 2.75) is 38.8 Å². The maximum Gasteiger partial charge on any atom is 0.407 e. The van der Waals surface area contributed by atoms with Crippen LogP contribution in [0.5, 0.6) is 0 Å². The number of nitrogens with one attached hydrogen (secondary N) is 1. The number of rotatable bonds is 7. The molecular formula is C27H35N5O4. The Morgan fingerprint density at radius 1 is 1.08 bits per heavy atom. The third-order valence-corrected chi connectivity index (χ3v) is 7.68. The van der Waals surface area contributed by atoms with Crippen molar-refractivity contribution in [3.63, 3.8) is 0 Å². The van der Waals surface area contributed by atoms with E-state index in [0.717, 1.165) is 62.5 Å². The fourth-order valence-electron chi connectivity index (χ4n) is 5.75. The number of amides is 2. The number of hydrogen-bond donors (Lipinski definition) is 1. The molecule has 2 aromatic rings. The molecule has 9 heteroatoms. The smallest absolute Gasteiger partial charge is 0.407 e. The lowest BCUT2D eigenvalue weighted by atomic mass is 10.0. The van der Waals surface area contributed by atoms with Gasteiger partial charge in [0.05, 0.1) is 36.2 Å². The van der Waals surface area contributed by atoms with E-state index >= 15 is 0 Å². The number of nitrogens with zero attached hydrogens (tertiary/aromatic N) is 4. The SMILES string of the molecule is Cc1ncnc(C)c1C(=O)N1CC2CN(CCC(NC(=O)OC3CCOC3)c3ccccc3)C[C@H]2C1. The van der Waals surface area contributed by atoms with Crippen LogP contribution >= 0.6 is 0 Å². The Hall–Kier alpha value is -3.04. The highest BCUT2D eigenvalue weighted by Crippen LogP contribution is 2.33. The normalized spacial score (nSPS) is 24.5. The molecule has 0 spiro atoms. The van der Waals surface area contributed by atoms with E-state index in [9.17, 15) is 9.59 Å². The van der Waals surface area contributed by atoms with Gasteiger partial charge in [-0.05, 0) is 37.7 Å². The van der Waals surface area contributed by atoms with Gasteiger partial charge in [-0.2, -0.15) is 0 Å². The van der Waals surface area contributed by atoms with Crippen molar-refractivity contribution in [1.82, 2.24) is 25.1 Å². The van der Waals surface area contributed by atoms with Crippen molar-refractivity contribution in [2.24, 2.45) is 11.8 Å². The maximum absolute atomic E-state index is 13.2. The lowest BCUT2D eigenvalue weighted by Gasteiger charge is -2.25. The Labute approximate surface area is 212 Å². The molecule has 0 radical (unpaired) electrons. The molecule has 3 fully saturated rings. The van der Waals surface area contributed by atoms with Gasteiger partial charge in [-0.1, -0.05) is 30.3 Å². The van der Waals surface area contributed by atoms with Crippen molar-refractivity contribution < 1.29 is 19.1 Å². The third-order valence-electron chi connectivity index (χ3n) is 7.68. The molecule has 4 atom stereocenters. The van der Waals surface area contributed by atoms with E-state index in [2.05, 4.69) is 20.2 Å². The minimum absolute atomic E-state index is 0.0473. The van der Waals surface area contributed by atoms with Crippen LogP contribution in [0.2, 0.25) is 0 Å².